The average molecular weight is 406 g/mol. The topological polar surface area (TPSA) is 73.1 Å². The van der Waals surface area contributed by atoms with E-state index in [1.54, 1.807) is 13.2 Å². The Hall–Kier alpha value is -3.12. The summed E-state index contributed by atoms with van der Waals surface area (Å²) in [6, 6.07) is 13.3. The van der Waals surface area contributed by atoms with Crippen LogP contribution in [0.25, 0.3) is 11.0 Å². The molecule has 1 saturated heterocycles. The maximum Gasteiger partial charge on any atom is 0.256 e. The van der Waals surface area contributed by atoms with Crippen LogP contribution in [0.15, 0.2) is 51.9 Å². The largest absolute Gasteiger partial charge is 0.493 e. The summed E-state index contributed by atoms with van der Waals surface area (Å²) >= 11 is 0. The Labute approximate surface area is 175 Å². The van der Waals surface area contributed by atoms with Crippen LogP contribution >= 0.6 is 0 Å². The summed E-state index contributed by atoms with van der Waals surface area (Å²) in [5.41, 5.74) is 4.22. The summed E-state index contributed by atoms with van der Waals surface area (Å²) in [7, 11) is 1.59. The van der Waals surface area contributed by atoms with Gasteiger partial charge in [-0.25, -0.2) is 4.99 Å². The van der Waals surface area contributed by atoms with Crippen molar-refractivity contribution in [3.05, 3.63) is 64.7 Å². The lowest BCUT2D eigenvalue weighted by Crippen LogP contribution is -2.34. The number of fused-ring (bicyclic) bond motifs is 1. The molecule has 0 bridgehead atoms. The molecule has 1 unspecified atom stereocenters. The lowest BCUT2D eigenvalue weighted by Gasteiger charge is -2.12. The van der Waals surface area contributed by atoms with Gasteiger partial charge < -0.3 is 19.2 Å². The molecule has 3 aromatic rings. The first kappa shape index (κ1) is 20.2. The average Bonchev–Trinajstić information content (AvgIpc) is 3.27. The van der Waals surface area contributed by atoms with Crippen LogP contribution in [-0.4, -0.2) is 32.3 Å². The van der Waals surface area contributed by atoms with Crippen molar-refractivity contribution >= 4 is 22.6 Å². The highest BCUT2D eigenvalue weighted by molar-refractivity contribution is 5.97. The van der Waals surface area contributed by atoms with Crippen LogP contribution < -0.4 is 15.6 Å². The van der Waals surface area contributed by atoms with Gasteiger partial charge in [-0.3, -0.25) is 4.79 Å². The lowest BCUT2D eigenvalue weighted by molar-refractivity contribution is 0.0854. The molecule has 2 aromatic carbocycles. The molecular weight excluding hydrogens is 380 g/mol. The monoisotopic (exact) mass is 406 g/mol. The van der Waals surface area contributed by atoms with E-state index in [-0.39, 0.29) is 17.6 Å². The first-order valence-corrected chi connectivity index (χ1v) is 10.2. The number of hydrogen-bond acceptors (Lipinski definition) is 5. The van der Waals surface area contributed by atoms with E-state index in [4.69, 9.17) is 13.9 Å². The summed E-state index contributed by atoms with van der Waals surface area (Å²) < 4.78 is 17.1. The van der Waals surface area contributed by atoms with Crippen molar-refractivity contribution in [2.45, 2.75) is 32.8 Å². The van der Waals surface area contributed by atoms with Crippen LogP contribution in [0, 0.1) is 13.8 Å². The van der Waals surface area contributed by atoms with Gasteiger partial charge in [-0.05, 0) is 62.1 Å². The number of hydrogen-bond donors (Lipinski definition) is 1. The highest BCUT2D eigenvalue weighted by Crippen LogP contribution is 2.25. The number of aryl methyl sites for hydroxylation is 2. The highest BCUT2D eigenvalue weighted by atomic mass is 16.5. The zero-order chi connectivity index (χ0) is 21.1. The van der Waals surface area contributed by atoms with Crippen LogP contribution in [0.3, 0.4) is 0 Å². The third-order valence-corrected chi connectivity index (χ3v) is 5.44. The number of nitrogens with zero attached hydrogens (tertiary/aromatic N) is 1. The number of carbonyl (C=O) groups excluding carboxylic acids is 1. The van der Waals surface area contributed by atoms with Gasteiger partial charge in [0.05, 0.1) is 18.9 Å². The first-order valence-electron chi connectivity index (χ1n) is 10.2. The number of para-hydroxylation sites is 1. The second kappa shape index (κ2) is 8.71. The SMILES string of the molecule is COc1cccc2cc(C(=O)NCC3CCCO3)c(=Nc3ccc(C)c(C)c3)oc12. The lowest BCUT2D eigenvalue weighted by atomic mass is 10.1. The Kier molecular flexibility index (Phi) is 5.86. The second-order valence-corrected chi connectivity index (χ2v) is 7.57. The van der Waals surface area contributed by atoms with Crippen LogP contribution in [0.4, 0.5) is 5.69 Å². The molecule has 6 nitrogen and oxygen atoms in total. The maximum atomic E-state index is 13.0. The fourth-order valence-corrected chi connectivity index (χ4v) is 3.55. The fourth-order valence-electron chi connectivity index (χ4n) is 3.55. The summed E-state index contributed by atoms with van der Waals surface area (Å²) in [4.78, 5) is 17.7. The Bertz CT molecular complexity index is 1140. The van der Waals surface area contributed by atoms with E-state index in [2.05, 4.69) is 10.3 Å². The molecule has 30 heavy (non-hydrogen) atoms. The van der Waals surface area contributed by atoms with Crippen molar-refractivity contribution in [1.29, 1.82) is 0 Å². The van der Waals surface area contributed by atoms with Gasteiger partial charge in [0, 0.05) is 18.5 Å². The normalized spacial score (nSPS) is 16.8. The third-order valence-electron chi connectivity index (χ3n) is 5.44. The number of benzene rings is 2. The van der Waals surface area contributed by atoms with Gasteiger partial charge in [0.1, 0.15) is 5.56 Å². The van der Waals surface area contributed by atoms with Crippen molar-refractivity contribution in [3.8, 4) is 5.75 Å². The predicted molar refractivity (Wildman–Crippen MR) is 115 cm³/mol. The Morgan fingerprint density at radius 3 is 2.80 bits per heavy atom. The number of rotatable bonds is 5. The molecule has 0 saturated carbocycles. The van der Waals surface area contributed by atoms with Crippen molar-refractivity contribution in [1.82, 2.24) is 5.32 Å². The number of carbonyl (C=O) groups is 1. The highest BCUT2D eigenvalue weighted by Gasteiger charge is 2.19. The number of nitrogens with one attached hydrogen (secondary N) is 1. The smallest absolute Gasteiger partial charge is 0.256 e. The van der Waals surface area contributed by atoms with Gasteiger partial charge in [-0.2, -0.15) is 0 Å². The molecule has 1 fully saturated rings. The molecule has 6 heteroatoms. The van der Waals surface area contributed by atoms with E-state index >= 15 is 0 Å². The van der Waals surface area contributed by atoms with Crippen LogP contribution in [0.1, 0.15) is 34.3 Å². The number of ether oxygens (including phenoxy) is 2. The molecule has 4 rings (SSSR count). The van der Waals surface area contributed by atoms with Crippen molar-refractivity contribution < 1.29 is 18.7 Å². The van der Waals surface area contributed by atoms with Crippen molar-refractivity contribution in [2.24, 2.45) is 4.99 Å². The van der Waals surface area contributed by atoms with Crippen molar-refractivity contribution in [3.63, 3.8) is 0 Å². The van der Waals surface area contributed by atoms with Gasteiger partial charge in [-0.15, -0.1) is 0 Å². The zero-order valence-electron chi connectivity index (χ0n) is 17.5. The van der Waals surface area contributed by atoms with Crippen LogP contribution in [-0.2, 0) is 4.74 Å². The quantitative estimate of drug-likeness (QED) is 0.689. The summed E-state index contributed by atoms with van der Waals surface area (Å²) in [6.07, 6.45) is 2.05. The van der Waals surface area contributed by atoms with E-state index in [1.165, 1.54) is 5.56 Å². The van der Waals surface area contributed by atoms with Gasteiger partial charge in [0.15, 0.2) is 11.3 Å². The van der Waals surface area contributed by atoms with E-state index in [0.29, 0.717) is 23.4 Å². The maximum absolute atomic E-state index is 13.0. The van der Waals surface area contributed by atoms with Crippen molar-refractivity contribution in [2.75, 3.05) is 20.3 Å². The molecule has 1 aliphatic heterocycles. The second-order valence-electron chi connectivity index (χ2n) is 7.57. The van der Waals surface area contributed by atoms with Gasteiger partial charge >= 0.3 is 0 Å². The fraction of sp³-hybridized carbons (Fsp3) is 0.333. The minimum absolute atomic E-state index is 0.0616. The third kappa shape index (κ3) is 4.24. The summed E-state index contributed by atoms with van der Waals surface area (Å²) in [6.45, 7) is 5.30. The molecule has 1 aromatic heterocycles. The van der Waals surface area contributed by atoms with E-state index in [0.717, 1.165) is 36.1 Å². The molecule has 1 N–H and O–H groups in total. The zero-order valence-corrected chi connectivity index (χ0v) is 17.5. The molecule has 1 amide bonds. The van der Waals surface area contributed by atoms with Gasteiger partial charge in [-0.1, -0.05) is 18.2 Å². The number of amides is 1. The Morgan fingerprint density at radius 2 is 2.07 bits per heavy atom. The van der Waals surface area contributed by atoms with E-state index in [9.17, 15) is 4.79 Å². The Morgan fingerprint density at radius 1 is 1.20 bits per heavy atom. The number of methoxy groups -OCH3 is 1. The molecule has 0 aliphatic carbocycles. The molecule has 156 valence electrons. The van der Waals surface area contributed by atoms with Crippen LogP contribution in [0.5, 0.6) is 5.75 Å². The summed E-state index contributed by atoms with van der Waals surface area (Å²) in [5, 5.41) is 3.74. The van der Waals surface area contributed by atoms with Gasteiger partial charge in [0.2, 0.25) is 5.55 Å². The van der Waals surface area contributed by atoms with Crippen LogP contribution in [0.2, 0.25) is 0 Å². The Balaban J connectivity index is 1.79. The standard InChI is InChI=1S/C24H26N2O4/c1-15-9-10-18(12-16(15)2)26-24-20(23(27)25-14-19-7-5-11-29-19)13-17-6-4-8-21(28-3)22(17)30-24/h4,6,8-10,12-13,19H,5,7,11,14H2,1-3H3,(H,25,27). The minimum atomic E-state index is -0.235. The molecule has 0 radical (unpaired) electrons. The predicted octanol–water partition coefficient (Wildman–Crippen LogP) is 4.20. The molecular formula is C24H26N2O4. The molecule has 1 aliphatic rings. The molecule has 1 atom stereocenters. The molecule has 0 spiro atoms. The van der Waals surface area contributed by atoms with E-state index in [1.807, 2.05) is 50.2 Å². The van der Waals surface area contributed by atoms with E-state index < -0.39 is 0 Å². The molecule has 2 heterocycles. The first-order chi connectivity index (χ1) is 14.5. The summed E-state index contributed by atoms with van der Waals surface area (Å²) in [5.74, 6) is 0.358. The van der Waals surface area contributed by atoms with Gasteiger partial charge in [0.25, 0.3) is 5.91 Å². The minimum Gasteiger partial charge on any atom is -0.493 e.